The molecule has 25 heavy (non-hydrogen) atoms. The summed E-state index contributed by atoms with van der Waals surface area (Å²) in [5, 5.41) is 21.9. The number of phenols is 1. The SMILES string of the molecule is CSCC[C@H](NC(=O)Cc1cc(=O)oc2c(C)c(O)ccc12)C(=O)O. The Morgan fingerprint density at radius 2 is 2.08 bits per heavy atom. The van der Waals surface area contributed by atoms with Crippen LogP contribution in [0, 0.1) is 6.92 Å². The average Bonchev–Trinajstić information content (AvgIpc) is 2.55. The van der Waals surface area contributed by atoms with E-state index in [1.165, 1.54) is 23.9 Å². The summed E-state index contributed by atoms with van der Waals surface area (Å²) >= 11 is 1.49. The fourth-order valence-corrected chi connectivity index (χ4v) is 2.94. The Morgan fingerprint density at radius 3 is 2.72 bits per heavy atom. The third-order valence-corrected chi connectivity index (χ3v) is 4.46. The van der Waals surface area contributed by atoms with E-state index < -0.39 is 23.5 Å². The lowest BCUT2D eigenvalue weighted by Crippen LogP contribution is -2.42. The summed E-state index contributed by atoms with van der Waals surface area (Å²) in [6.07, 6.45) is 2.01. The first-order chi connectivity index (χ1) is 11.8. The van der Waals surface area contributed by atoms with Gasteiger partial charge in [-0.15, -0.1) is 0 Å². The van der Waals surface area contributed by atoms with Crippen LogP contribution in [0.15, 0.2) is 27.4 Å². The molecular formula is C17H19NO6S. The predicted octanol–water partition coefficient (Wildman–Crippen LogP) is 1.67. The van der Waals surface area contributed by atoms with Crippen molar-refractivity contribution in [2.75, 3.05) is 12.0 Å². The van der Waals surface area contributed by atoms with E-state index in [0.717, 1.165) is 0 Å². The van der Waals surface area contributed by atoms with Crippen LogP contribution in [0.5, 0.6) is 5.75 Å². The van der Waals surface area contributed by atoms with Crippen LogP contribution in [0.3, 0.4) is 0 Å². The zero-order valence-corrected chi connectivity index (χ0v) is 14.7. The number of carboxylic acid groups (broad SMARTS) is 1. The minimum Gasteiger partial charge on any atom is -0.508 e. The number of phenolic OH excluding ortho intramolecular Hbond substituents is 1. The smallest absolute Gasteiger partial charge is 0.336 e. The number of hydrogen-bond acceptors (Lipinski definition) is 6. The maximum absolute atomic E-state index is 12.2. The van der Waals surface area contributed by atoms with Gasteiger partial charge in [0.15, 0.2) is 0 Å². The number of rotatable bonds is 7. The van der Waals surface area contributed by atoms with Gasteiger partial charge in [0.1, 0.15) is 17.4 Å². The molecule has 0 spiro atoms. The van der Waals surface area contributed by atoms with E-state index in [-0.39, 0.29) is 17.8 Å². The van der Waals surface area contributed by atoms with E-state index >= 15 is 0 Å². The van der Waals surface area contributed by atoms with Gasteiger partial charge in [-0.25, -0.2) is 9.59 Å². The molecule has 0 fully saturated rings. The van der Waals surface area contributed by atoms with E-state index in [0.29, 0.717) is 28.7 Å². The maximum atomic E-state index is 12.2. The van der Waals surface area contributed by atoms with Crippen molar-refractivity contribution < 1.29 is 24.2 Å². The number of aliphatic carboxylic acids is 1. The summed E-state index contributed by atoms with van der Waals surface area (Å²) < 4.78 is 5.12. The molecule has 1 heterocycles. The highest BCUT2D eigenvalue weighted by Crippen LogP contribution is 2.27. The highest BCUT2D eigenvalue weighted by molar-refractivity contribution is 7.98. The highest BCUT2D eigenvalue weighted by Gasteiger charge is 2.20. The van der Waals surface area contributed by atoms with Gasteiger partial charge in [-0.3, -0.25) is 4.79 Å². The van der Waals surface area contributed by atoms with Gasteiger partial charge in [0.2, 0.25) is 5.91 Å². The first-order valence-corrected chi connectivity index (χ1v) is 8.99. The molecule has 2 rings (SSSR count). The van der Waals surface area contributed by atoms with Crippen molar-refractivity contribution >= 4 is 34.6 Å². The van der Waals surface area contributed by atoms with E-state index in [1.54, 1.807) is 13.0 Å². The molecule has 1 aromatic carbocycles. The Bertz CT molecular complexity index is 860. The summed E-state index contributed by atoms with van der Waals surface area (Å²) in [5.74, 6) is -1.000. The number of carbonyl (C=O) groups is 2. The maximum Gasteiger partial charge on any atom is 0.336 e. The van der Waals surface area contributed by atoms with Gasteiger partial charge in [-0.2, -0.15) is 11.8 Å². The van der Waals surface area contributed by atoms with Crippen molar-refractivity contribution in [2.45, 2.75) is 25.8 Å². The number of amides is 1. The van der Waals surface area contributed by atoms with E-state index in [4.69, 9.17) is 4.42 Å². The van der Waals surface area contributed by atoms with Crippen LogP contribution in [0.4, 0.5) is 0 Å². The molecule has 1 aromatic heterocycles. The molecule has 0 saturated carbocycles. The van der Waals surface area contributed by atoms with E-state index in [9.17, 15) is 24.6 Å². The van der Waals surface area contributed by atoms with Crippen LogP contribution in [-0.4, -0.2) is 40.1 Å². The van der Waals surface area contributed by atoms with Gasteiger partial charge in [0.25, 0.3) is 0 Å². The standard InChI is InChI=1S/C17H19NO6S/c1-9-13(19)4-3-11-10(8-15(21)24-16(9)11)7-14(20)18-12(17(22)23)5-6-25-2/h3-4,8,12,19H,5-7H2,1-2H3,(H,18,20)(H,22,23)/t12-/m0/s1. The average molecular weight is 365 g/mol. The van der Waals surface area contributed by atoms with Crippen LogP contribution >= 0.6 is 11.8 Å². The molecule has 0 radical (unpaired) electrons. The molecule has 0 bridgehead atoms. The van der Waals surface area contributed by atoms with Crippen molar-refractivity contribution in [1.29, 1.82) is 0 Å². The lowest BCUT2D eigenvalue weighted by atomic mass is 10.0. The minimum absolute atomic E-state index is 0.0136. The number of nitrogens with one attached hydrogen (secondary N) is 1. The molecule has 0 saturated heterocycles. The van der Waals surface area contributed by atoms with Gasteiger partial charge in [-0.1, -0.05) is 0 Å². The second kappa shape index (κ2) is 8.06. The van der Waals surface area contributed by atoms with Crippen molar-refractivity contribution in [3.63, 3.8) is 0 Å². The van der Waals surface area contributed by atoms with E-state index in [1.807, 2.05) is 6.26 Å². The zero-order chi connectivity index (χ0) is 18.6. The number of aromatic hydroxyl groups is 1. The molecule has 0 aliphatic rings. The Labute approximate surface area is 148 Å². The zero-order valence-electron chi connectivity index (χ0n) is 13.9. The summed E-state index contributed by atoms with van der Waals surface area (Å²) in [4.78, 5) is 35.2. The van der Waals surface area contributed by atoms with Crippen molar-refractivity contribution in [3.8, 4) is 5.75 Å². The summed E-state index contributed by atoms with van der Waals surface area (Å²) in [7, 11) is 0. The number of aryl methyl sites for hydroxylation is 1. The van der Waals surface area contributed by atoms with Gasteiger partial charge >= 0.3 is 11.6 Å². The summed E-state index contributed by atoms with van der Waals surface area (Å²) in [6, 6.07) is 3.25. The topological polar surface area (TPSA) is 117 Å². The molecule has 3 N–H and O–H groups in total. The van der Waals surface area contributed by atoms with Crippen LogP contribution in [0.1, 0.15) is 17.5 Å². The van der Waals surface area contributed by atoms with Crippen molar-refractivity contribution in [1.82, 2.24) is 5.32 Å². The van der Waals surface area contributed by atoms with Gasteiger partial charge in [-0.05, 0) is 43.0 Å². The third-order valence-electron chi connectivity index (χ3n) is 3.81. The van der Waals surface area contributed by atoms with Crippen molar-refractivity contribution in [2.24, 2.45) is 0 Å². The number of fused-ring (bicyclic) bond motifs is 1. The second-order valence-corrected chi connectivity index (χ2v) is 6.58. The molecule has 2 aromatic rings. The Kier molecular flexibility index (Phi) is 6.08. The Hall–Kier alpha value is -2.48. The summed E-state index contributed by atoms with van der Waals surface area (Å²) in [5.41, 5.74) is 0.398. The van der Waals surface area contributed by atoms with E-state index in [2.05, 4.69) is 5.32 Å². The first kappa shape index (κ1) is 18.9. The molecule has 0 unspecified atom stereocenters. The van der Waals surface area contributed by atoms with Crippen molar-refractivity contribution in [3.05, 3.63) is 39.7 Å². The minimum atomic E-state index is -1.10. The molecule has 0 aliphatic heterocycles. The van der Waals surface area contributed by atoms with Crippen LogP contribution in [0.2, 0.25) is 0 Å². The lowest BCUT2D eigenvalue weighted by molar-refractivity contribution is -0.141. The van der Waals surface area contributed by atoms with Crippen LogP contribution < -0.4 is 10.9 Å². The number of thioether (sulfide) groups is 1. The Balaban J connectivity index is 2.27. The number of benzene rings is 1. The van der Waals surface area contributed by atoms with Crippen LogP contribution in [0.25, 0.3) is 11.0 Å². The number of carbonyl (C=O) groups excluding carboxylic acids is 1. The van der Waals surface area contributed by atoms with Gasteiger partial charge in [0, 0.05) is 17.0 Å². The fourth-order valence-electron chi connectivity index (χ4n) is 2.47. The van der Waals surface area contributed by atoms with Crippen LogP contribution in [-0.2, 0) is 16.0 Å². The summed E-state index contributed by atoms with van der Waals surface area (Å²) in [6.45, 7) is 1.60. The fraction of sp³-hybridized carbons (Fsp3) is 0.353. The third kappa shape index (κ3) is 4.54. The largest absolute Gasteiger partial charge is 0.508 e. The quantitative estimate of drug-likeness (QED) is 0.639. The molecule has 7 nitrogen and oxygen atoms in total. The lowest BCUT2D eigenvalue weighted by Gasteiger charge is -2.14. The highest BCUT2D eigenvalue weighted by atomic mass is 32.2. The van der Waals surface area contributed by atoms with Gasteiger partial charge in [0.05, 0.1) is 6.42 Å². The monoisotopic (exact) mass is 365 g/mol. The molecule has 8 heteroatoms. The molecule has 1 amide bonds. The molecular weight excluding hydrogens is 346 g/mol. The Morgan fingerprint density at radius 1 is 1.36 bits per heavy atom. The number of hydrogen-bond donors (Lipinski definition) is 3. The normalized spacial score (nSPS) is 12.1. The second-order valence-electron chi connectivity index (χ2n) is 5.59. The number of carboxylic acids is 1. The predicted molar refractivity (Wildman–Crippen MR) is 95.2 cm³/mol. The molecule has 0 aliphatic carbocycles. The first-order valence-electron chi connectivity index (χ1n) is 7.60. The van der Waals surface area contributed by atoms with Gasteiger partial charge < -0.3 is 19.9 Å². The molecule has 134 valence electrons. The molecule has 1 atom stereocenters.